The molecule has 0 radical (unpaired) electrons. The summed E-state index contributed by atoms with van der Waals surface area (Å²) in [7, 11) is 0. The minimum atomic E-state index is 0.324. The molecular formula is C11H19N5OS2. The lowest BCUT2D eigenvalue weighted by Crippen LogP contribution is -1.92. The summed E-state index contributed by atoms with van der Waals surface area (Å²) in [4.78, 5) is 10.6. The number of hydrogen-bond donors (Lipinski definition) is 4. The third kappa shape index (κ3) is 5.09. The van der Waals surface area contributed by atoms with E-state index < -0.39 is 0 Å². The number of aromatic nitrogens is 3. The number of aliphatic hydroxyl groups excluding tert-OH is 1. The number of anilines is 2. The van der Waals surface area contributed by atoms with Crippen molar-refractivity contribution < 1.29 is 5.11 Å². The van der Waals surface area contributed by atoms with Crippen molar-refractivity contribution in [3.8, 4) is 0 Å². The van der Waals surface area contributed by atoms with Gasteiger partial charge in [0.2, 0.25) is 0 Å². The van der Waals surface area contributed by atoms with E-state index in [2.05, 4.69) is 28.8 Å². The molecule has 2 aromatic rings. The number of nitrogens with one attached hydrogen (secondary N) is 1. The van der Waals surface area contributed by atoms with Gasteiger partial charge in [0.1, 0.15) is 10.5 Å². The van der Waals surface area contributed by atoms with Gasteiger partial charge in [0.05, 0.1) is 0 Å². The van der Waals surface area contributed by atoms with Crippen LogP contribution in [-0.4, -0.2) is 26.7 Å². The predicted octanol–water partition coefficient (Wildman–Crippen LogP) is 2.33. The maximum Gasteiger partial charge on any atom is 0.200 e. The fraction of sp³-hybridized carbons (Fsp3) is 0.545. The standard InChI is InChI=1S/C6H14O.C5H5N5S2/c1-6(2)4-3-5-7;6-2-1-3(9-4(7)12-1)10-5(11)8-2/h6-7H,3-5H2,1-2H3;(H5,6,7,8,9,10,11). The summed E-state index contributed by atoms with van der Waals surface area (Å²) in [5.74, 6) is 1.21. The molecule has 6 nitrogen and oxygen atoms in total. The molecule has 0 fully saturated rings. The summed E-state index contributed by atoms with van der Waals surface area (Å²) < 4.78 is 1.08. The van der Waals surface area contributed by atoms with Crippen LogP contribution in [0.15, 0.2) is 0 Å². The first kappa shape index (κ1) is 15.8. The molecule has 0 bridgehead atoms. The zero-order valence-electron chi connectivity index (χ0n) is 11.0. The molecule has 0 atom stereocenters. The molecule has 0 aliphatic carbocycles. The lowest BCUT2D eigenvalue weighted by Gasteiger charge is -1.98. The molecule has 0 aliphatic heterocycles. The number of nitrogens with zero attached hydrogens (tertiary/aromatic N) is 2. The van der Waals surface area contributed by atoms with Gasteiger partial charge in [-0.05, 0) is 31.0 Å². The van der Waals surface area contributed by atoms with E-state index in [1.54, 1.807) is 0 Å². The molecule has 19 heavy (non-hydrogen) atoms. The van der Waals surface area contributed by atoms with E-state index in [1.165, 1.54) is 11.3 Å². The molecule has 0 saturated heterocycles. The van der Waals surface area contributed by atoms with Gasteiger partial charge in [0, 0.05) is 6.61 Å². The molecular weight excluding hydrogens is 282 g/mol. The number of thiazole rings is 1. The van der Waals surface area contributed by atoms with Crippen molar-refractivity contribution in [2.45, 2.75) is 26.7 Å². The van der Waals surface area contributed by atoms with Crippen LogP contribution in [0.3, 0.4) is 0 Å². The van der Waals surface area contributed by atoms with Crippen molar-refractivity contribution in [2.75, 3.05) is 18.1 Å². The Morgan fingerprint density at radius 1 is 1.37 bits per heavy atom. The van der Waals surface area contributed by atoms with Gasteiger partial charge in [-0.25, -0.2) is 4.98 Å². The molecule has 6 N–H and O–H groups in total. The van der Waals surface area contributed by atoms with Crippen LogP contribution in [0.25, 0.3) is 10.3 Å². The van der Waals surface area contributed by atoms with Gasteiger partial charge in [-0.1, -0.05) is 25.2 Å². The molecule has 0 aliphatic rings. The van der Waals surface area contributed by atoms with Gasteiger partial charge in [-0.2, -0.15) is 4.98 Å². The molecule has 0 aromatic carbocycles. The number of aliphatic hydroxyl groups is 1. The summed E-state index contributed by atoms with van der Waals surface area (Å²) >= 11 is 6.10. The second kappa shape index (κ2) is 7.37. The van der Waals surface area contributed by atoms with E-state index >= 15 is 0 Å². The highest BCUT2D eigenvalue weighted by atomic mass is 32.1. The topological polar surface area (TPSA) is 114 Å². The molecule has 0 unspecified atom stereocenters. The summed E-state index contributed by atoms with van der Waals surface area (Å²) in [5.41, 5.74) is 11.6. The Bertz CT molecular complexity index is 578. The van der Waals surface area contributed by atoms with Crippen molar-refractivity contribution >= 4 is 44.9 Å². The van der Waals surface area contributed by atoms with Crippen LogP contribution in [0, 0.1) is 10.7 Å². The molecule has 8 heteroatoms. The third-order valence-corrected chi connectivity index (χ3v) is 3.36. The van der Waals surface area contributed by atoms with E-state index in [-0.39, 0.29) is 0 Å². The number of H-pyrrole nitrogens is 1. The maximum absolute atomic E-state index is 8.32. The minimum absolute atomic E-state index is 0.324. The molecule has 2 heterocycles. The van der Waals surface area contributed by atoms with Crippen molar-refractivity contribution in [2.24, 2.45) is 5.92 Å². The summed E-state index contributed by atoms with van der Waals surface area (Å²) in [6, 6.07) is 0. The first-order valence-corrected chi connectivity index (χ1v) is 7.19. The Morgan fingerprint density at radius 2 is 2.05 bits per heavy atom. The molecule has 0 amide bonds. The predicted molar refractivity (Wildman–Crippen MR) is 82.6 cm³/mol. The van der Waals surface area contributed by atoms with Gasteiger partial charge < -0.3 is 21.6 Å². The number of rotatable bonds is 3. The van der Waals surface area contributed by atoms with Crippen molar-refractivity contribution in [1.29, 1.82) is 0 Å². The van der Waals surface area contributed by atoms with E-state index in [1.807, 2.05) is 0 Å². The zero-order chi connectivity index (χ0) is 14.4. The van der Waals surface area contributed by atoms with E-state index in [0.29, 0.717) is 28.0 Å². The smallest absolute Gasteiger partial charge is 0.200 e. The molecule has 2 aromatic heterocycles. The highest BCUT2D eigenvalue weighted by molar-refractivity contribution is 7.71. The SMILES string of the molecule is CC(C)CCCO.Nc1nc2nc(=S)[nH]c(N)c2s1. The molecule has 0 saturated carbocycles. The monoisotopic (exact) mass is 301 g/mol. The second-order valence-corrected chi connectivity index (χ2v) is 5.84. The average Bonchev–Trinajstić information content (AvgIpc) is 2.68. The lowest BCUT2D eigenvalue weighted by atomic mass is 10.1. The molecule has 0 spiro atoms. The third-order valence-electron chi connectivity index (χ3n) is 2.26. The van der Waals surface area contributed by atoms with Crippen molar-refractivity contribution in [1.82, 2.24) is 15.0 Å². The number of nitrogen functional groups attached to an aromatic ring is 2. The first-order valence-electron chi connectivity index (χ1n) is 5.96. The number of fused-ring (bicyclic) bond motifs is 1. The fourth-order valence-corrected chi connectivity index (χ4v) is 2.26. The zero-order valence-corrected chi connectivity index (χ0v) is 12.6. The number of aromatic amines is 1. The van der Waals surface area contributed by atoms with Gasteiger partial charge in [-0.3, -0.25) is 0 Å². The van der Waals surface area contributed by atoms with Crippen LogP contribution in [0.1, 0.15) is 26.7 Å². The highest BCUT2D eigenvalue weighted by Gasteiger charge is 2.05. The normalized spacial score (nSPS) is 10.5. The van der Waals surface area contributed by atoms with Crippen LogP contribution in [0.2, 0.25) is 0 Å². The van der Waals surface area contributed by atoms with E-state index in [0.717, 1.165) is 23.5 Å². The van der Waals surface area contributed by atoms with Crippen LogP contribution in [0.4, 0.5) is 10.9 Å². The molecule has 106 valence electrons. The van der Waals surface area contributed by atoms with Gasteiger partial charge in [-0.15, -0.1) is 0 Å². The largest absolute Gasteiger partial charge is 0.396 e. The van der Waals surface area contributed by atoms with Gasteiger partial charge in [0.25, 0.3) is 0 Å². The quantitative estimate of drug-likeness (QED) is 0.647. The van der Waals surface area contributed by atoms with Crippen LogP contribution >= 0.6 is 23.6 Å². The second-order valence-electron chi connectivity index (χ2n) is 4.42. The van der Waals surface area contributed by atoms with Crippen LogP contribution in [-0.2, 0) is 0 Å². The van der Waals surface area contributed by atoms with E-state index in [9.17, 15) is 0 Å². The number of nitrogens with two attached hydrogens (primary N) is 2. The van der Waals surface area contributed by atoms with Gasteiger partial charge >= 0.3 is 0 Å². The molecule has 2 rings (SSSR count). The summed E-state index contributed by atoms with van der Waals surface area (Å²) in [5, 5.41) is 8.76. The van der Waals surface area contributed by atoms with Crippen LogP contribution in [0.5, 0.6) is 0 Å². The lowest BCUT2D eigenvalue weighted by molar-refractivity contribution is 0.276. The summed E-state index contributed by atoms with van der Waals surface area (Å²) in [6.07, 6.45) is 2.11. The average molecular weight is 301 g/mol. The van der Waals surface area contributed by atoms with E-state index in [4.69, 9.17) is 28.8 Å². The van der Waals surface area contributed by atoms with Gasteiger partial charge in [0.15, 0.2) is 15.5 Å². The Hall–Kier alpha value is -1.25. The van der Waals surface area contributed by atoms with Crippen molar-refractivity contribution in [3.63, 3.8) is 0 Å². The Morgan fingerprint density at radius 3 is 2.58 bits per heavy atom. The Balaban J connectivity index is 0.000000224. The Kier molecular flexibility index (Phi) is 6.13. The maximum atomic E-state index is 8.32. The minimum Gasteiger partial charge on any atom is -0.396 e. The Labute approximate surface area is 120 Å². The first-order chi connectivity index (χ1) is 8.93. The number of hydrogen-bond acceptors (Lipinski definition) is 7. The highest BCUT2D eigenvalue weighted by Crippen LogP contribution is 2.25. The fourth-order valence-electron chi connectivity index (χ4n) is 1.38. The summed E-state index contributed by atoms with van der Waals surface area (Å²) in [6.45, 7) is 4.67. The van der Waals surface area contributed by atoms with Crippen molar-refractivity contribution in [3.05, 3.63) is 4.77 Å². The van der Waals surface area contributed by atoms with Crippen LogP contribution < -0.4 is 11.5 Å².